The van der Waals surface area contributed by atoms with Gasteiger partial charge in [-0.05, 0) is 30.7 Å². The van der Waals surface area contributed by atoms with Crippen LogP contribution in [0.2, 0.25) is 0 Å². The number of hydrogen-bond acceptors (Lipinski definition) is 2. The summed E-state index contributed by atoms with van der Waals surface area (Å²) in [6.07, 6.45) is -2.97. The lowest BCUT2D eigenvalue weighted by atomic mass is 10.2. The fraction of sp³-hybridized carbons (Fsp3) is 0.167. The zero-order chi connectivity index (χ0) is 13.3. The number of rotatable bonds is 2. The second-order valence-electron chi connectivity index (χ2n) is 3.83. The van der Waals surface area contributed by atoms with Crippen LogP contribution in [0, 0.1) is 6.92 Å². The highest BCUT2D eigenvalue weighted by molar-refractivity contribution is 5.77. The van der Waals surface area contributed by atoms with Crippen LogP contribution >= 0.6 is 0 Å². The summed E-state index contributed by atoms with van der Waals surface area (Å²) in [5, 5.41) is 0. The number of nitrogens with one attached hydrogen (secondary N) is 1. The number of pyridine rings is 1. The minimum Gasteiger partial charge on any atom is -0.351 e. The minimum atomic E-state index is -4.40. The molecule has 6 heteroatoms. The first kappa shape index (κ1) is 12.3. The molecule has 3 nitrogen and oxygen atoms in total. The van der Waals surface area contributed by atoms with Crippen LogP contribution in [0.5, 0.6) is 0 Å². The van der Waals surface area contributed by atoms with Crippen LogP contribution in [0.3, 0.4) is 0 Å². The van der Waals surface area contributed by atoms with E-state index in [1.807, 2.05) is 0 Å². The summed E-state index contributed by atoms with van der Waals surface area (Å²) in [6, 6.07) is 3.89. The molecule has 1 N–H and O–H groups in total. The van der Waals surface area contributed by atoms with Gasteiger partial charge in [-0.3, -0.25) is 9.78 Å². The van der Waals surface area contributed by atoms with Crippen molar-refractivity contribution in [3.63, 3.8) is 0 Å². The van der Waals surface area contributed by atoms with E-state index in [9.17, 15) is 18.0 Å². The monoisotopic (exact) mass is 254 g/mol. The maximum atomic E-state index is 12.4. The van der Waals surface area contributed by atoms with Crippen molar-refractivity contribution < 1.29 is 18.0 Å². The highest BCUT2D eigenvalue weighted by Gasteiger charge is 2.30. The Labute approximate surface area is 101 Å². The number of carbonyl (C=O) groups excluding carboxylic acids is 1. The van der Waals surface area contributed by atoms with Gasteiger partial charge >= 0.3 is 6.18 Å². The zero-order valence-electron chi connectivity index (χ0n) is 9.38. The Kier molecular flexibility index (Phi) is 2.94. The average Bonchev–Trinajstić information content (AvgIpc) is 2.69. The molecule has 18 heavy (non-hydrogen) atoms. The van der Waals surface area contributed by atoms with Crippen molar-refractivity contribution in [1.29, 1.82) is 0 Å². The molecule has 0 saturated carbocycles. The molecule has 0 aliphatic rings. The number of halogens is 3. The molecule has 2 aromatic rings. The highest BCUT2D eigenvalue weighted by atomic mass is 19.4. The molecular weight excluding hydrogens is 245 g/mol. The average molecular weight is 254 g/mol. The number of H-pyrrole nitrogens is 1. The number of hydrogen-bond donors (Lipinski definition) is 1. The SMILES string of the molecule is Cc1cc(-c2ccc(C(F)(F)F)cn2)[nH]c1C=O. The van der Waals surface area contributed by atoms with E-state index in [4.69, 9.17) is 0 Å². The van der Waals surface area contributed by atoms with Gasteiger partial charge in [0.15, 0.2) is 6.29 Å². The first-order chi connectivity index (χ1) is 8.41. The predicted molar refractivity (Wildman–Crippen MR) is 59.2 cm³/mol. The number of alkyl halides is 3. The van der Waals surface area contributed by atoms with Crippen LogP contribution in [-0.4, -0.2) is 16.3 Å². The number of nitrogens with zero attached hydrogens (tertiary/aromatic N) is 1. The summed E-state index contributed by atoms with van der Waals surface area (Å²) >= 11 is 0. The summed E-state index contributed by atoms with van der Waals surface area (Å²) in [4.78, 5) is 17.2. The topological polar surface area (TPSA) is 45.8 Å². The maximum absolute atomic E-state index is 12.4. The molecule has 2 rings (SSSR count). The van der Waals surface area contributed by atoms with Gasteiger partial charge in [0.1, 0.15) is 0 Å². The molecule has 0 aromatic carbocycles. The van der Waals surface area contributed by atoms with E-state index in [1.165, 1.54) is 6.07 Å². The number of aldehydes is 1. The largest absolute Gasteiger partial charge is 0.417 e. The Bertz CT molecular complexity index is 570. The Morgan fingerprint density at radius 1 is 1.33 bits per heavy atom. The Balaban J connectivity index is 2.37. The van der Waals surface area contributed by atoms with Crippen molar-refractivity contribution >= 4 is 6.29 Å². The van der Waals surface area contributed by atoms with Crippen molar-refractivity contribution in [3.8, 4) is 11.4 Å². The van der Waals surface area contributed by atoms with Crippen LogP contribution < -0.4 is 0 Å². The van der Waals surface area contributed by atoms with E-state index in [1.54, 1.807) is 13.0 Å². The molecule has 0 aliphatic carbocycles. The van der Waals surface area contributed by atoms with Gasteiger partial charge in [-0.15, -0.1) is 0 Å². The van der Waals surface area contributed by atoms with Gasteiger partial charge in [0.25, 0.3) is 0 Å². The van der Waals surface area contributed by atoms with Gasteiger partial charge in [-0.25, -0.2) is 0 Å². The molecule has 94 valence electrons. The van der Waals surface area contributed by atoms with Gasteiger partial charge in [0, 0.05) is 6.20 Å². The molecular formula is C12H9F3N2O. The summed E-state index contributed by atoms with van der Waals surface area (Å²) < 4.78 is 37.1. The van der Waals surface area contributed by atoms with Crippen molar-refractivity contribution in [2.24, 2.45) is 0 Å². The number of carbonyl (C=O) groups is 1. The van der Waals surface area contributed by atoms with Crippen LogP contribution in [0.15, 0.2) is 24.4 Å². The zero-order valence-corrected chi connectivity index (χ0v) is 9.38. The standard InChI is InChI=1S/C12H9F3N2O/c1-7-4-10(17-11(7)6-18)9-3-2-8(5-16-9)12(13,14)15/h2-6,17H,1H3. The van der Waals surface area contributed by atoms with Gasteiger partial charge in [0.05, 0.1) is 22.6 Å². The summed E-state index contributed by atoms with van der Waals surface area (Å²) in [5.41, 5.74) is 1.20. The van der Waals surface area contributed by atoms with Crippen molar-refractivity contribution in [3.05, 3.63) is 41.2 Å². The molecule has 2 aromatic heterocycles. The van der Waals surface area contributed by atoms with Gasteiger partial charge in [-0.2, -0.15) is 13.2 Å². The van der Waals surface area contributed by atoms with Crippen LogP contribution in [0.4, 0.5) is 13.2 Å². The molecule has 0 atom stereocenters. The molecule has 0 aliphatic heterocycles. The van der Waals surface area contributed by atoms with Gasteiger partial charge < -0.3 is 4.98 Å². The third kappa shape index (κ3) is 2.27. The van der Waals surface area contributed by atoms with E-state index in [2.05, 4.69) is 9.97 Å². The number of aromatic amines is 1. The fourth-order valence-corrected chi connectivity index (χ4v) is 1.56. The lowest BCUT2D eigenvalue weighted by Gasteiger charge is -2.05. The first-order valence-electron chi connectivity index (χ1n) is 5.10. The number of aromatic nitrogens is 2. The normalized spacial score (nSPS) is 11.6. The lowest BCUT2D eigenvalue weighted by molar-refractivity contribution is -0.137. The van der Waals surface area contributed by atoms with Gasteiger partial charge in [-0.1, -0.05) is 0 Å². The summed E-state index contributed by atoms with van der Waals surface area (Å²) in [7, 11) is 0. The quantitative estimate of drug-likeness (QED) is 0.836. The fourth-order valence-electron chi connectivity index (χ4n) is 1.56. The second kappa shape index (κ2) is 4.29. The van der Waals surface area contributed by atoms with E-state index in [-0.39, 0.29) is 0 Å². The number of aryl methyl sites for hydroxylation is 1. The van der Waals surface area contributed by atoms with E-state index in [0.29, 0.717) is 23.4 Å². The van der Waals surface area contributed by atoms with E-state index >= 15 is 0 Å². The van der Waals surface area contributed by atoms with Crippen molar-refractivity contribution in [2.45, 2.75) is 13.1 Å². The van der Waals surface area contributed by atoms with Gasteiger partial charge in [0.2, 0.25) is 0 Å². The van der Waals surface area contributed by atoms with Crippen molar-refractivity contribution in [1.82, 2.24) is 9.97 Å². The Morgan fingerprint density at radius 2 is 2.06 bits per heavy atom. The maximum Gasteiger partial charge on any atom is 0.417 e. The third-order valence-electron chi connectivity index (χ3n) is 2.54. The van der Waals surface area contributed by atoms with Crippen molar-refractivity contribution in [2.75, 3.05) is 0 Å². The molecule has 2 heterocycles. The van der Waals surface area contributed by atoms with Crippen LogP contribution in [0.25, 0.3) is 11.4 Å². The predicted octanol–water partition coefficient (Wildman–Crippen LogP) is 3.22. The molecule has 0 amide bonds. The summed E-state index contributed by atoms with van der Waals surface area (Å²) in [6.45, 7) is 1.73. The Hall–Kier alpha value is -2.11. The smallest absolute Gasteiger partial charge is 0.351 e. The minimum absolute atomic E-state index is 0.360. The molecule has 0 spiro atoms. The third-order valence-corrected chi connectivity index (χ3v) is 2.54. The molecule has 0 radical (unpaired) electrons. The first-order valence-corrected chi connectivity index (χ1v) is 5.10. The second-order valence-corrected chi connectivity index (χ2v) is 3.83. The highest BCUT2D eigenvalue weighted by Crippen LogP contribution is 2.29. The lowest BCUT2D eigenvalue weighted by Crippen LogP contribution is -2.05. The summed E-state index contributed by atoms with van der Waals surface area (Å²) in [5.74, 6) is 0. The van der Waals surface area contributed by atoms with E-state index < -0.39 is 11.7 Å². The van der Waals surface area contributed by atoms with Crippen LogP contribution in [0.1, 0.15) is 21.6 Å². The van der Waals surface area contributed by atoms with Crippen LogP contribution in [-0.2, 0) is 6.18 Å². The molecule has 0 fully saturated rings. The molecule has 0 unspecified atom stereocenters. The molecule has 0 saturated heterocycles. The molecule has 0 bridgehead atoms. The Morgan fingerprint density at radius 3 is 2.50 bits per heavy atom. The van der Waals surface area contributed by atoms with E-state index in [0.717, 1.165) is 17.8 Å².